The lowest BCUT2D eigenvalue weighted by Gasteiger charge is -2.20. The van der Waals surface area contributed by atoms with E-state index in [9.17, 15) is 9.59 Å². The first kappa shape index (κ1) is 17.9. The Morgan fingerprint density at radius 2 is 1.79 bits per heavy atom. The molecule has 24 heavy (non-hydrogen) atoms. The Morgan fingerprint density at radius 3 is 2.46 bits per heavy atom. The number of benzene rings is 2. The summed E-state index contributed by atoms with van der Waals surface area (Å²) < 4.78 is 0. The molecule has 0 heterocycles. The van der Waals surface area contributed by atoms with E-state index >= 15 is 0 Å². The zero-order valence-corrected chi connectivity index (χ0v) is 14.3. The molecule has 0 aromatic heterocycles. The minimum Gasteiger partial charge on any atom is -0.481 e. The van der Waals surface area contributed by atoms with E-state index < -0.39 is 11.9 Å². The lowest BCUT2D eigenvalue weighted by atomic mass is 10.0. The van der Waals surface area contributed by atoms with Crippen molar-refractivity contribution in [3.8, 4) is 0 Å². The van der Waals surface area contributed by atoms with Crippen LogP contribution in [-0.2, 0) is 9.59 Å². The Hall–Kier alpha value is -2.40. The molecule has 0 aliphatic carbocycles. The number of carboxylic acids is 1. The van der Waals surface area contributed by atoms with Gasteiger partial charge in [-0.3, -0.25) is 14.5 Å². The number of carbonyl (C=O) groups excluding carboxylic acids is 1. The summed E-state index contributed by atoms with van der Waals surface area (Å²) in [6.07, 6.45) is 0. The van der Waals surface area contributed by atoms with Crippen LogP contribution in [0.15, 0.2) is 42.5 Å². The van der Waals surface area contributed by atoms with E-state index in [4.69, 9.17) is 5.11 Å². The number of amides is 1. The van der Waals surface area contributed by atoms with Crippen molar-refractivity contribution in [3.05, 3.63) is 48.0 Å². The first-order valence-electron chi connectivity index (χ1n) is 8.06. The number of carboxylic acid groups (broad SMARTS) is 1. The molecule has 2 N–H and O–H groups in total. The number of carbonyl (C=O) groups is 2. The quantitative estimate of drug-likeness (QED) is 0.820. The Balaban J connectivity index is 1.93. The highest BCUT2D eigenvalue weighted by Gasteiger charge is 2.16. The van der Waals surface area contributed by atoms with Crippen molar-refractivity contribution in [3.63, 3.8) is 0 Å². The molecule has 5 nitrogen and oxygen atoms in total. The molecule has 5 heteroatoms. The largest absolute Gasteiger partial charge is 0.481 e. The van der Waals surface area contributed by atoms with Crippen LogP contribution in [0.5, 0.6) is 0 Å². The average molecular weight is 328 g/mol. The van der Waals surface area contributed by atoms with Gasteiger partial charge < -0.3 is 10.4 Å². The maximum absolute atomic E-state index is 12.2. The highest BCUT2D eigenvalue weighted by Crippen LogP contribution is 2.20. The van der Waals surface area contributed by atoms with Crippen molar-refractivity contribution < 1.29 is 14.7 Å². The summed E-state index contributed by atoms with van der Waals surface area (Å²) in [6.45, 7) is 4.10. The Kier molecular flexibility index (Phi) is 5.93. The molecule has 0 fully saturated rings. The Bertz CT molecular complexity index is 729. The molecule has 0 radical (unpaired) electrons. The van der Waals surface area contributed by atoms with E-state index in [0.717, 1.165) is 10.9 Å². The molecule has 2 rings (SSSR count). The molecule has 0 aliphatic rings. The van der Waals surface area contributed by atoms with Gasteiger partial charge >= 0.3 is 5.97 Å². The topological polar surface area (TPSA) is 69.6 Å². The van der Waals surface area contributed by atoms with Crippen molar-refractivity contribution in [1.29, 1.82) is 0 Å². The summed E-state index contributed by atoms with van der Waals surface area (Å²) in [6, 6.07) is 14.1. The molecular weight excluding hydrogens is 304 g/mol. The summed E-state index contributed by atoms with van der Waals surface area (Å²) in [7, 11) is 1.75. The number of fused-ring (bicyclic) bond motifs is 1. The van der Waals surface area contributed by atoms with Gasteiger partial charge in [0, 0.05) is 6.54 Å². The van der Waals surface area contributed by atoms with Crippen molar-refractivity contribution in [2.24, 2.45) is 5.92 Å². The summed E-state index contributed by atoms with van der Waals surface area (Å²) in [5.74, 6) is -1.47. The smallest absolute Gasteiger partial charge is 0.307 e. The fraction of sp³-hybridized carbons (Fsp3) is 0.368. The third-order valence-electron chi connectivity index (χ3n) is 4.07. The van der Waals surface area contributed by atoms with Crippen LogP contribution in [0.4, 0.5) is 0 Å². The monoisotopic (exact) mass is 328 g/mol. The standard InChI is InChI=1S/C19H24N2O3/c1-13(19(23)24)11-21(3)12-18(22)20-14(2)16-9-8-15-6-4-5-7-17(15)10-16/h4-10,13-14H,11-12H2,1-3H3,(H,20,22)(H,23,24). The third kappa shape index (κ3) is 4.80. The molecule has 0 saturated carbocycles. The number of hydrogen-bond acceptors (Lipinski definition) is 3. The van der Waals surface area contributed by atoms with Crippen LogP contribution in [0, 0.1) is 5.92 Å². The summed E-state index contributed by atoms with van der Waals surface area (Å²) in [5.41, 5.74) is 1.05. The van der Waals surface area contributed by atoms with E-state index in [1.165, 1.54) is 5.39 Å². The van der Waals surface area contributed by atoms with Crippen molar-refractivity contribution in [1.82, 2.24) is 10.2 Å². The van der Waals surface area contributed by atoms with Crippen LogP contribution in [0.1, 0.15) is 25.5 Å². The first-order valence-corrected chi connectivity index (χ1v) is 8.06. The lowest BCUT2D eigenvalue weighted by molar-refractivity contribution is -0.142. The fourth-order valence-electron chi connectivity index (χ4n) is 2.70. The molecule has 128 valence electrons. The molecule has 0 bridgehead atoms. The molecule has 0 saturated heterocycles. The van der Waals surface area contributed by atoms with Crippen LogP contribution in [0.3, 0.4) is 0 Å². The molecule has 2 aromatic rings. The van der Waals surface area contributed by atoms with Gasteiger partial charge in [0.25, 0.3) is 0 Å². The van der Waals surface area contributed by atoms with Gasteiger partial charge in [-0.1, -0.05) is 43.3 Å². The Labute approximate surface area is 142 Å². The number of aliphatic carboxylic acids is 1. The summed E-state index contributed by atoms with van der Waals surface area (Å²) in [5, 5.41) is 14.2. The Morgan fingerprint density at radius 1 is 1.12 bits per heavy atom. The molecule has 2 atom stereocenters. The van der Waals surface area contributed by atoms with E-state index in [2.05, 4.69) is 23.5 Å². The number of hydrogen-bond donors (Lipinski definition) is 2. The molecule has 2 aromatic carbocycles. The van der Waals surface area contributed by atoms with Crippen molar-refractivity contribution in [2.45, 2.75) is 19.9 Å². The number of rotatable bonds is 7. The second kappa shape index (κ2) is 7.93. The van der Waals surface area contributed by atoms with Crippen LogP contribution in [0.25, 0.3) is 10.8 Å². The molecular formula is C19H24N2O3. The van der Waals surface area contributed by atoms with Gasteiger partial charge in [0.15, 0.2) is 0 Å². The van der Waals surface area contributed by atoms with Gasteiger partial charge in [-0.15, -0.1) is 0 Å². The summed E-state index contributed by atoms with van der Waals surface area (Å²) >= 11 is 0. The molecule has 0 aliphatic heterocycles. The van der Waals surface area contributed by atoms with Crippen LogP contribution in [-0.4, -0.2) is 42.0 Å². The van der Waals surface area contributed by atoms with E-state index in [1.807, 2.05) is 31.2 Å². The first-order chi connectivity index (χ1) is 11.4. The highest BCUT2D eigenvalue weighted by molar-refractivity contribution is 5.83. The average Bonchev–Trinajstić information content (AvgIpc) is 2.53. The van der Waals surface area contributed by atoms with Gasteiger partial charge in [0.05, 0.1) is 18.5 Å². The lowest BCUT2D eigenvalue weighted by Crippen LogP contribution is -2.39. The van der Waals surface area contributed by atoms with Gasteiger partial charge in [-0.25, -0.2) is 0 Å². The van der Waals surface area contributed by atoms with E-state index in [-0.39, 0.29) is 18.5 Å². The minimum atomic E-state index is -0.855. The van der Waals surface area contributed by atoms with Crippen LogP contribution < -0.4 is 5.32 Å². The SMILES string of the molecule is CC(CN(C)CC(=O)NC(C)c1ccc2ccccc2c1)C(=O)O. The maximum Gasteiger partial charge on any atom is 0.307 e. The highest BCUT2D eigenvalue weighted by atomic mass is 16.4. The van der Waals surface area contributed by atoms with Crippen molar-refractivity contribution in [2.75, 3.05) is 20.1 Å². The predicted molar refractivity (Wildman–Crippen MR) is 94.8 cm³/mol. The third-order valence-corrected chi connectivity index (χ3v) is 4.07. The fourth-order valence-corrected chi connectivity index (χ4v) is 2.70. The van der Waals surface area contributed by atoms with Gasteiger partial charge in [-0.05, 0) is 36.4 Å². The van der Waals surface area contributed by atoms with Crippen molar-refractivity contribution >= 4 is 22.6 Å². The zero-order chi connectivity index (χ0) is 17.7. The zero-order valence-electron chi connectivity index (χ0n) is 14.3. The van der Waals surface area contributed by atoms with Crippen LogP contribution >= 0.6 is 0 Å². The van der Waals surface area contributed by atoms with Gasteiger partial charge in [0.1, 0.15) is 0 Å². The molecule has 0 spiro atoms. The minimum absolute atomic E-state index is 0.104. The predicted octanol–water partition coefficient (Wildman–Crippen LogP) is 2.67. The normalized spacial score (nSPS) is 13.7. The second-order valence-electron chi connectivity index (χ2n) is 6.33. The number of nitrogens with one attached hydrogen (secondary N) is 1. The second-order valence-corrected chi connectivity index (χ2v) is 6.33. The van der Waals surface area contributed by atoms with Crippen LogP contribution in [0.2, 0.25) is 0 Å². The van der Waals surface area contributed by atoms with Gasteiger partial charge in [0.2, 0.25) is 5.91 Å². The summed E-state index contributed by atoms with van der Waals surface area (Å²) in [4.78, 5) is 24.7. The number of nitrogens with zero attached hydrogens (tertiary/aromatic N) is 1. The van der Waals surface area contributed by atoms with Gasteiger partial charge in [-0.2, -0.15) is 0 Å². The molecule has 2 unspecified atom stereocenters. The number of likely N-dealkylation sites (N-methyl/N-ethyl adjacent to an activating group) is 1. The maximum atomic E-state index is 12.2. The van der Waals surface area contributed by atoms with E-state index in [1.54, 1.807) is 18.9 Å². The van der Waals surface area contributed by atoms with E-state index in [0.29, 0.717) is 6.54 Å². The molecule has 1 amide bonds.